The summed E-state index contributed by atoms with van der Waals surface area (Å²) in [5.41, 5.74) is 5.71. The number of ether oxygens (including phenoxy) is 3. The van der Waals surface area contributed by atoms with Crippen LogP contribution in [0, 0.1) is 23.6 Å². The van der Waals surface area contributed by atoms with E-state index < -0.39 is 22.9 Å². The van der Waals surface area contributed by atoms with Crippen LogP contribution in [-0.4, -0.2) is 35.3 Å². The molecule has 2 aromatic heterocycles. The van der Waals surface area contributed by atoms with E-state index in [0.717, 1.165) is 0 Å². The molecule has 0 saturated heterocycles. The molecule has 1 aromatic carbocycles. The molecule has 172 valence electrons. The van der Waals surface area contributed by atoms with Crippen LogP contribution in [0.4, 0.5) is 8.78 Å². The zero-order valence-electron chi connectivity index (χ0n) is 18.6. The molecular formula is C25H20F2N4O3. The smallest absolute Gasteiger partial charge is 0.283 e. The first kappa shape index (κ1) is 21.8. The van der Waals surface area contributed by atoms with Gasteiger partial charge in [-0.05, 0) is 38.1 Å². The van der Waals surface area contributed by atoms with Crippen LogP contribution in [0.1, 0.15) is 30.5 Å². The molecule has 1 unspecified atom stereocenters. The molecule has 34 heavy (non-hydrogen) atoms. The van der Waals surface area contributed by atoms with Crippen molar-refractivity contribution in [2.24, 2.45) is 10.7 Å². The Labute approximate surface area is 194 Å². The number of rotatable bonds is 2. The van der Waals surface area contributed by atoms with Crippen LogP contribution in [0.3, 0.4) is 0 Å². The fraction of sp³-hybridized carbons (Fsp3) is 0.240. The minimum atomic E-state index is -1.17. The van der Waals surface area contributed by atoms with E-state index in [2.05, 4.69) is 26.8 Å². The molecule has 4 heterocycles. The second kappa shape index (κ2) is 7.78. The van der Waals surface area contributed by atoms with Gasteiger partial charge in [0.2, 0.25) is 11.8 Å². The Hall–Kier alpha value is -4.03. The molecule has 0 aliphatic carbocycles. The Morgan fingerprint density at radius 2 is 1.97 bits per heavy atom. The van der Waals surface area contributed by atoms with E-state index in [-0.39, 0.29) is 35.4 Å². The first-order valence-electron chi connectivity index (χ1n) is 10.4. The molecule has 0 fully saturated rings. The summed E-state index contributed by atoms with van der Waals surface area (Å²) < 4.78 is 46.3. The molecule has 2 aliphatic rings. The third-order valence-corrected chi connectivity index (χ3v) is 5.82. The molecule has 5 rings (SSSR count). The minimum absolute atomic E-state index is 0.0131. The van der Waals surface area contributed by atoms with Crippen molar-refractivity contribution in [2.75, 3.05) is 13.7 Å². The van der Waals surface area contributed by atoms with E-state index in [0.29, 0.717) is 16.7 Å². The van der Waals surface area contributed by atoms with Gasteiger partial charge in [-0.2, -0.15) is 4.39 Å². The average Bonchev–Trinajstić information content (AvgIpc) is 3.20. The zero-order valence-corrected chi connectivity index (χ0v) is 18.6. The summed E-state index contributed by atoms with van der Waals surface area (Å²) in [5, 5.41) is 0. The van der Waals surface area contributed by atoms with Crippen molar-refractivity contribution in [2.45, 2.75) is 25.0 Å². The van der Waals surface area contributed by atoms with Crippen molar-refractivity contribution in [1.82, 2.24) is 9.97 Å². The van der Waals surface area contributed by atoms with Gasteiger partial charge in [0, 0.05) is 47.8 Å². The average molecular weight is 462 g/mol. The van der Waals surface area contributed by atoms with E-state index in [1.165, 1.54) is 30.5 Å². The van der Waals surface area contributed by atoms with Gasteiger partial charge in [0.1, 0.15) is 23.8 Å². The van der Waals surface area contributed by atoms with Crippen LogP contribution in [0.25, 0.3) is 11.1 Å². The van der Waals surface area contributed by atoms with Crippen LogP contribution < -0.4 is 10.5 Å². The van der Waals surface area contributed by atoms with Crippen LogP contribution >= 0.6 is 0 Å². The second-order valence-corrected chi connectivity index (χ2v) is 8.41. The second-order valence-electron chi connectivity index (χ2n) is 8.41. The number of aromatic nitrogens is 2. The fourth-order valence-corrected chi connectivity index (χ4v) is 3.88. The van der Waals surface area contributed by atoms with Gasteiger partial charge in [-0.15, -0.1) is 0 Å². The van der Waals surface area contributed by atoms with Crippen LogP contribution in [-0.2, 0) is 15.0 Å². The molecule has 1 spiro atoms. The lowest BCUT2D eigenvalue weighted by atomic mass is 9.81. The van der Waals surface area contributed by atoms with E-state index in [1.54, 1.807) is 19.4 Å². The Balaban J connectivity index is 1.71. The van der Waals surface area contributed by atoms with Gasteiger partial charge in [-0.25, -0.2) is 19.4 Å². The SMILES string of the molecule is COC(C)(C)C#Cc1cnc2c(c1)C1(COC(N)=N1)c1cc(-c3cccnc3F)c(F)cc1O2. The first-order valence-corrected chi connectivity index (χ1v) is 10.4. The third kappa shape index (κ3) is 3.53. The molecule has 1 atom stereocenters. The molecule has 0 bridgehead atoms. The number of nitrogens with zero attached hydrogens (tertiary/aromatic N) is 3. The molecule has 3 aromatic rings. The monoisotopic (exact) mass is 462 g/mol. The summed E-state index contributed by atoms with van der Waals surface area (Å²) in [7, 11) is 1.58. The number of hydrogen-bond donors (Lipinski definition) is 1. The molecule has 2 N–H and O–H groups in total. The van der Waals surface area contributed by atoms with E-state index in [1.807, 2.05) is 13.8 Å². The van der Waals surface area contributed by atoms with Crippen molar-refractivity contribution in [3.8, 4) is 34.6 Å². The number of halogens is 2. The Morgan fingerprint density at radius 3 is 2.68 bits per heavy atom. The Kier molecular flexibility index (Phi) is 4.99. The lowest BCUT2D eigenvalue weighted by Crippen LogP contribution is -2.32. The highest BCUT2D eigenvalue weighted by atomic mass is 19.1. The van der Waals surface area contributed by atoms with Crippen molar-refractivity contribution in [3.63, 3.8) is 0 Å². The highest BCUT2D eigenvalue weighted by molar-refractivity contribution is 5.78. The minimum Gasteiger partial charge on any atom is -0.462 e. The maximum absolute atomic E-state index is 15.1. The van der Waals surface area contributed by atoms with Crippen LogP contribution in [0.2, 0.25) is 0 Å². The lowest BCUT2D eigenvalue weighted by Gasteiger charge is -2.33. The van der Waals surface area contributed by atoms with Gasteiger partial charge in [0.15, 0.2) is 5.54 Å². The number of pyridine rings is 2. The first-order chi connectivity index (χ1) is 16.2. The summed E-state index contributed by atoms with van der Waals surface area (Å²) in [6.07, 6.45) is 2.85. The molecule has 2 aliphatic heterocycles. The van der Waals surface area contributed by atoms with Gasteiger partial charge < -0.3 is 19.9 Å². The van der Waals surface area contributed by atoms with Gasteiger partial charge in [-0.1, -0.05) is 11.8 Å². The van der Waals surface area contributed by atoms with E-state index in [9.17, 15) is 4.39 Å². The summed E-state index contributed by atoms with van der Waals surface area (Å²) >= 11 is 0. The number of methoxy groups -OCH3 is 1. The normalized spacial score (nSPS) is 18.2. The van der Waals surface area contributed by atoms with Gasteiger partial charge in [-0.3, -0.25) is 0 Å². The molecular weight excluding hydrogens is 442 g/mol. The molecule has 0 saturated carbocycles. The summed E-state index contributed by atoms with van der Waals surface area (Å²) in [5.74, 6) is 5.03. The number of aliphatic imine (C=N–C) groups is 1. The molecule has 7 nitrogen and oxygen atoms in total. The number of benzene rings is 1. The van der Waals surface area contributed by atoms with Gasteiger partial charge in [0.25, 0.3) is 6.02 Å². The highest BCUT2D eigenvalue weighted by Crippen LogP contribution is 2.51. The largest absolute Gasteiger partial charge is 0.462 e. The van der Waals surface area contributed by atoms with Crippen molar-refractivity contribution < 1.29 is 23.0 Å². The summed E-state index contributed by atoms with van der Waals surface area (Å²) in [4.78, 5) is 12.6. The van der Waals surface area contributed by atoms with Gasteiger partial charge >= 0.3 is 0 Å². The van der Waals surface area contributed by atoms with E-state index >= 15 is 4.39 Å². The van der Waals surface area contributed by atoms with Crippen molar-refractivity contribution in [3.05, 3.63) is 71.2 Å². The maximum atomic E-state index is 15.1. The topological polar surface area (TPSA) is 91.9 Å². The standard InChI is InChI=1S/C25H20F2N4O3/c1-24(2,32-3)7-6-14-9-18-22(30-12-14)34-20-11-19(26)16(15-5-4-8-29-21(15)27)10-17(20)25(18)13-33-23(28)31-25/h4-5,8-12H,13H2,1-3H3,(H2,28,31). The quantitative estimate of drug-likeness (QED) is 0.459. The predicted octanol–water partition coefficient (Wildman–Crippen LogP) is 3.89. The number of hydrogen-bond acceptors (Lipinski definition) is 7. The molecule has 9 heteroatoms. The zero-order chi connectivity index (χ0) is 24.1. The fourth-order valence-electron chi connectivity index (χ4n) is 3.88. The molecule has 0 amide bonds. The third-order valence-electron chi connectivity index (χ3n) is 5.82. The number of amidine groups is 1. The highest BCUT2D eigenvalue weighted by Gasteiger charge is 2.48. The maximum Gasteiger partial charge on any atom is 0.283 e. The summed E-state index contributed by atoms with van der Waals surface area (Å²) in [6.45, 7) is 3.72. The molecule has 0 radical (unpaired) electrons. The predicted molar refractivity (Wildman–Crippen MR) is 120 cm³/mol. The Morgan fingerprint density at radius 1 is 1.15 bits per heavy atom. The van der Waals surface area contributed by atoms with Crippen molar-refractivity contribution >= 4 is 6.02 Å². The number of nitrogens with two attached hydrogens (primary N) is 1. The van der Waals surface area contributed by atoms with E-state index in [4.69, 9.17) is 19.9 Å². The van der Waals surface area contributed by atoms with Crippen LogP contribution in [0.5, 0.6) is 11.6 Å². The Bertz CT molecular complexity index is 1410. The summed E-state index contributed by atoms with van der Waals surface area (Å²) in [6, 6.07) is 7.41. The lowest BCUT2D eigenvalue weighted by molar-refractivity contribution is 0.0741. The van der Waals surface area contributed by atoms with Crippen molar-refractivity contribution in [1.29, 1.82) is 0 Å². The van der Waals surface area contributed by atoms with Crippen LogP contribution in [0.15, 0.2) is 47.7 Å². The van der Waals surface area contributed by atoms with Gasteiger partial charge in [0.05, 0.1) is 5.56 Å². The number of fused-ring (bicyclic) bond motifs is 4.